The van der Waals surface area contributed by atoms with Crippen LogP contribution in [0.5, 0.6) is 0 Å². The molecule has 2 atom stereocenters. The predicted molar refractivity (Wildman–Crippen MR) is 73.1 cm³/mol. The summed E-state index contributed by atoms with van der Waals surface area (Å²) in [6.45, 7) is 5.42. The molecule has 0 saturated carbocycles. The molecule has 2 rings (SSSR count). The fourth-order valence-corrected chi connectivity index (χ4v) is 2.60. The number of carboxylic acid groups (broad SMARTS) is 1. The van der Waals surface area contributed by atoms with Gasteiger partial charge in [-0.2, -0.15) is 4.98 Å². The van der Waals surface area contributed by atoms with Crippen molar-refractivity contribution in [3.8, 4) is 0 Å². The highest BCUT2D eigenvalue weighted by molar-refractivity contribution is 5.73. The third-order valence-corrected chi connectivity index (χ3v) is 3.86. The highest BCUT2D eigenvalue weighted by Crippen LogP contribution is 2.24. The van der Waals surface area contributed by atoms with E-state index in [2.05, 4.69) is 24.0 Å². The Morgan fingerprint density at radius 2 is 2.35 bits per heavy atom. The van der Waals surface area contributed by atoms with Gasteiger partial charge in [0.25, 0.3) is 0 Å². The van der Waals surface area contributed by atoms with Gasteiger partial charge in [0.2, 0.25) is 5.89 Å². The van der Waals surface area contributed by atoms with Crippen molar-refractivity contribution < 1.29 is 14.4 Å². The molecular weight excluding hydrogens is 258 g/mol. The Hall–Kier alpha value is -1.43. The highest BCUT2D eigenvalue weighted by Gasteiger charge is 2.32. The fraction of sp³-hybridized carbons (Fsp3) is 0.786. The van der Waals surface area contributed by atoms with Crippen LogP contribution in [-0.2, 0) is 17.8 Å². The molecule has 0 aromatic carbocycles. The maximum atomic E-state index is 11.3. The molecule has 0 aliphatic carbocycles. The number of hydrogen-bond acceptors (Lipinski definition) is 5. The number of likely N-dealkylation sites (tertiary alicyclic amines) is 1. The van der Waals surface area contributed by atoms with Crippen LogP contribution in [0.15, 0.2) is 4.52 Å². The van der Waals surface area contributed by atoms with Crippen LogP contribution >= 0.6 is 0 Å². The molecule has 1 saturated heterocycles. The van der Waals surface area contributed by atoms with Crippen LogP contribution in [0.4, 0.5) is 0 Å². The van der Waals surface area contributed by atoms with E-state index >= 15 is 0 Å². The van der Waals surface area contributed by atoms with Gasteiger partial charge >= 0.3 is 5.97 Å². The van der Waals surface area contributed by atoms with Gasteiger partial charge in [0.1, 0.15) is 6.04 Å². The van der Waals surface area contributed by atoms with E-state index < -0.39 is 12.0 Å². The zero-order valence-corrected chi connectivity index (χ0v) is 12.2. The van der Waals surface area contributed by atoms with Crippen molar-refractivity contribution in [2.45, 2.75) is 58.5 Å². The van der Waals surface area contributed by atoms with Gasteiger partial charge in [-0.3, -0.25) is 9.69 Å². The molecule has 2 unspecified atom stereocenters. The molecule has 1 aromatic rings. The molecule has 6 heteroatoms. The molecule has 20 heavy (non-hydrogen) atoms. The molecule has 1 aliphatic heterocycles. The normalized spacial score (nSPS) is 23.9. The van der Waals surface area contributed by atoms with E-state index in [-0.39, 0.29) is 0 Å². The smallest absolute Gasteiger partial charge is 0.320 e. The molecule has 0 amide bonds. The first-order valence-electron chi connectivity index (χ1n) is 7.38. The maximum absolute atomic E-state index is 11.3. The molecule has 0 radical (unpaired) electrons. The number of aliphatic carboxylic acids is 1. The molecule has 0 spiro atoms. The quantitative estimate of drug-likeness (QED) is 0.860. The van der Waals surface area contributed by atoms with Gasteiger partial charge in [0.15, 0.2) is 5.82 Å². The zero-order valence-electron chi connectivity index (χ0n) is 12.2. The summed E-state index contributed by atoms with van der Waals surface area (Å²) in [7, 11) is 0. The largest absolute Gasteiger partial charge is 0.480 e. The Morgan fingerprint density at radius 1 is 1.55 bits per heavy atom. The van der Waals surface area contributed by atoms with Gasteiger partial charge in [0.05, 0.1) is 6.54 Å². The van der Waals surface area contributed by atoms with Gasteiger partial charge in [-0.25, -0.2) is 0 Å². The first kappa shape index (κ1) is 15.0. The van der Waals surface area contributed by atoms with Crippen LogP contribution < -0.4 is 0 Å². The Labute approximate surface area is 119 Å². The molecule has 112 valence electrons. The third kappa shape index (κ3) is 3.79. The molecule has 1 N–H and O–H groups in total. The van der Waals surface area contributed by atoms with Crippen LogP contribution in [-0.4, -0.2) is 38.7 Å². The summed E-state index contributed by atoms with van der Waals surface area (Å²) in [4.78, 5) is 17.6. The molecular formula is C14H23N3O3. The number of carbonyl (C=O) groups is 1. The lowest BCUT2D eigenvalue weighted by molar-refractivity contribution is -0.145. The molecule has 2 heterocycles. The standard InChI is InChI=1S/C14H23N3O3/c1-3-4-5-12-15-13(20-16-12)9-17-7-6-10(2)8-11(17)14(18)19/h10-11H,3-9H2,1-2H3,(H,18,19). The van der Waals surface area contributed by atoms with Gasteiger partial charge in [-0.1, -0.05) is 25.4 Å². The van der Waals surface area contributed by atoms with E-state index in [0.29, 0.717) is 24.8 Å². The van der Waals surface area contributed by atoms with Crippen molar-refractivity contribution >= 4 is 5.97 Å². The van der Waals surface area contributed by atoms with Crippen LogP contribution in [0.25, 0.3) is 0 Å². The second-order valence-electron chi connectivity index (χ2n) is 5.66. The van der Waals surface area contributed by atoms with Crippen LogP contribution in [0.1, 0.15) is 51.2 Å². The van der Waals surface area contributed by atoms with Gasteiger partial charge in [0, 0.05) is 6.42 Å². The van der Waals surface area contributed by atoms with Crippen LogP contribution in [0, 0.1) is 5.92 Å². The van der Waals surface area contributed by atoms with Gasteiger partial charge in [-0.15, -0.1) is 0 Å². The number of nitrogens with zero attached hydrogens (tertiary/aromatic N) is 3. The lowest BCUT2D eigenvalue weighted by atomic mass is 9.92. The molecule has 0 bridgehead atoms. The van der Waals surface area contributed by atoms with Crippen molar-refractivity contribution in [2.24, 2.45) is 5.92 Å². The number of aryl methyl sites for hydroxylation is 1. The third-order valence-electron chi connectivity index (χ3n) is 3.86. The summed E-state index contributed by atoms with van der Waals surface area (Å²) in [5.41, 5.74) is 0. The maximum Gasteiger partial charge on any atom is 0.320 e. The van der Waals surface area contributed by atoms with Gasteiger partial charge < -0.3 is 9.63 Å². The highest BCUT2D eigenvalue weighted by atomic mass is 16.5. The SMILES string of the molecule is CCCCc1noc(CN2CCC(C)CC2C(=O)O)n1. The predicted octanol–water partition coefficient (Wildman–Crippen LogP) is 2.10. The van der Waals surface area contributed by atoms with E-state index in [1.54, 1.807) is 0 Å². The second kappa shape index (κ2) is 6.83. The summed E-state index contributed by atoms with van der Waals surface area (Å²) in [6.07, 6.45) is 4.65. The lowest BCUT2D eigenvalue weighted by Crippen LogP contribution is -2.46. The fourth-order valence-electron chi connectivity index (χ4n) is 2.60. The Kier molecular flexibility index (Phi) is 5.11. The monoisotopic (exact) mass is 281 g/mol. The summed E-state index contributed by atoms with van der Waals surface area (Å²) in [6, 6.07) is -0.440. The minimum Gasteiger partial charge on any atom is -0.480 e. The Bertz CT molecular complexity index is 447. The molecule has 6 nitrogen and oxygen atoms in total. The average Bonchev–Trinajstić information content (AvgIpc) is 2.86. The minimum absolute atomic E-state index is 0.433. The zero-order chi connectivity index (χ0) is 14.5. The van der Waals surface area contributed by atoms with E-state index in [9.17, 15) is 9.90 Å². The molecule has 1 fully saturated rings. The minimum atomic E-state index is -0.762. The lowest BCUT2D eigenvalue weighted by Gasteiger charge is -2.34. The second-order valence-corrected chi connectivity index (χ2v) is 5.66. The molecule has 1 aliphatic rings. The number of hydrogen-bond donors (Lipinski definition) is 1. The van der Waals surface area contributed by atoms with E-state index in [1.807, 2.05) is 4.90 Å². The number of unbranched alkanes of at least 4 members (excludes halogenated alkanes) is 1. The Morgan fingerprint density at radius 3 is 3.05 bits per heavy atom. The average molecular weight is 281 g/mol. The topological polar surface area (TPSA) is 79.5 Å². The van der Waals surface area contributed by atoms with Crippen molar-refractivity contribution in [2.75, 3.05) is 6.54 Å². The van der Waals surface area contributed by atoms with Gasteiger partial charge in [-0.05, 0) is 31.7 Å². The van der Waals surface area contributed by atoms with Crippen molar-refractivity contribution in [3.63, 3.8) is 0 Å². The summed E-state index contributed by atoms with van der Waals surface area (Å²) in [5.74, 6) is 0.938. The Balaban J connectivity index is 1.97. The summed E-state index contributed by atoms with van der Waals surface area (Å²) < 4.78 is 5.22. The number of aromatic nitrogens is 2. The van der Waals surface area contributed by atoms with Crippen LogP contribution in [0.2, 0.25) is 0 Å². The number of piperidine rings is 1. The van der Waals surface area contributed by atoms with Crippen LogP contribution in [0.3, 0.4) is 0 Å². The van der Waals surface area contributed by atoms with E-state index in [4.69, 9.17) is 4.52 Å². The number of rotatable bonds is 6. The summed E-state index contributed by atoms with van der Waals surface area (Å²) in [5, 5.41) is 13.3. The first-order valence-corrected chi connectivity index (χ1v) is 7.38. The van der Waals surface area contributed by atoms with E-state index in [0.717, 1.165) is 38.1 Å². The summed E-state index contributed by atoms with van der Waals surface area (Å²) >= 11 is 0. The van der Waals surface area contributed by atoms with Crippen molar-refractivity contribution in [3.05, 3.63) is 11.7 Å². The van der Waals surface area contributed by atoms with E-state index in [1.165, 1.54) is 0 Å². The van der Waals surface area contributed by atoms with Crippen molar-refractivity contribution in [1.82, 2.24) is 15.0 Å². The number of carboxylic acids is 1. The van der Waals surface area contributed by atoms with Crippen molar-refractivity contribution in [1.29, 1.82) is 0 Å². The first-order chi connectivity index (χ1) is 9.60. The molecule has 1 aromatic heterocycles.